The zero-order valence-electron chi connectivity index (χ0n) is 10.2. The normalized spacial score (nSPS) is 9.68. The number of hydrogen-bond donors (Lipinski definition) is 2. The maximum atomic E-state index is 10.9. The summed E-state index contributed by atoms with van der Waals surface area (Å²) in [4.78, 5) is 14.8. The average molecular weight is 253 g/mol. The van der Waals surface area contributed by atoms with Gasteiger partial charge in [0, 0.05) is 5.69 Å². The summed E-state index contributed by atoms with van der Waals surface area (Å²) in [6.07, 6.45) is 1.55. The fourth-order valence-electron chi connectivity index (χ4n) is 1.68. The first-order valence-electron chi connectivity index (χ1n) is 5.57. The second-order valence-electron chi connectivity index (χ2n) is 4.00. The Morgan fingerprint density at radius 3 is 2.58 bits per heavy atom. The first kappa shape index (κ1) is 12.6. The molecule has 19 heavy (non-hydrogen) atoms. The first-order valence-corrected chi connectivity index (χ1v) is 5.57. The van der Waals surface area contributed by atoms with Crippen molar-refractivity contribution in [1.82, 2.24) is 4.98 Å². The fraction of sp³-hybridized carbons (Fsp3) is 0.0714. The lowest BCUT2D eigenvalue weighted by atomic mass is 10.1. The van der Waals surface area contributed by atoms with E-state index < -0.39 is 5.97 Å². The van der Waals surface area contributed by atoms with E-state index in [0.717, 1.165) is 11.4 Å². The van der Waals surface area contributed by atoms with Gasteiger partial charge in [-0.2, -0.15) is 5.26 Å². The van der Waals surface area contributed by atoms with E-state index in [1.807, 2.05) is 6.07 Å². The number of benzene rings is 1. The number of aromatic nitrogens is 1. The molecule has 0 unspecified atom stereocenters. The molecular formula is C14H11N3O2. The molecule has 1 heterocycles. The molecule has 2 aromatic rings. The largest absolute Gasteiger partial charge is 0.478 e. The number of nitrogens with one attached hydrogen (secondary N) is 1. The molecule has 0 aliphatic heterocycles. The van der Waals surface area contributed by atoms with Gasteiger partial charge in [-0.3, -0.25) is 0 Å². The Bertz CT molecular complexity index is 657. The molecule has 0 saturated carbocycles. The molecule has 94 valence electrons. The minimum Gasteiger partial charge on any atom is -0.478 e. The lowest BCUT2D eigenvalue weighted by molar-refractivity contribution is 0.0696. The molecule has 2 rings (SSSR count). The Morgan fingerprint density at radius 2 is 2.05 bits per heavy atom. The number of carbonyl (C=O) groups is 1. The van der Waals surface area contributed by atoms with E-state index >= 15 is 0 Å². The van der Waals surface area contributed by atoms with Crippen molar-refractivity contribution in [2.45, 2.75) is 6.92 Å². The standard InChI is InChI=1S/C14H11N3O2/c1-9-6-10(4-5-13(9)14(18)19)17-12-3-2-11(7-15)16-8-12/h2-6,8,17H,1H3,(H,18,19). The van der Waals surface area contributed by atoms with Gasteiger partial charge in [-0.05, 0) is 42.8 Å². The van der Waals surface area contributed by atoms with Crippen molar-refractivity contribution in [3.8, 4) is 6.07 Å². The summed E-state index contributed by atoms with van der Waals surface area (Å²) >= 11 is 0. The molecule has 1 aromatic carbocycles. The highest BCUT2D eigenvalue weighted by molar-refractivity contribution is 5.90. The molecule has 0 amide bonds. The molecule has 0 atom stereocenters. The van der Waals surface area contributed by atoms with E-state index in [4.69, 9.17) is 10.4 Å². The number of carboxylic acid groups (broad SMARTS) is 1. The number of rotatable bonds is 3. The lowest BCUT2D eigenvalue weighted by Gasteiger charge is -2.08. The Balaban J connectivity index is 2.21. The van der Waals surface area contributed by atoms with Gasteiger partial charge in [-0.15, -0.1) is 0 Å². The molecule has 0 saturated heterocycles. The second kappa shape index (κ2) is 5.19. The minimum atomic E-state index is -0.941. The number of aryl methyl sites for hydroxylation is 1. The molecule has 0 radical (unpaired) electrons. The Hall–Kier alpha value is -2.87. The molecule has 0 bridgehead atoms. The second-order valence-corrected chi connectivity index (χ2v) is 4.00. The summed E-state index contributed by atoms with van der Waals surface area (Å²) in [7, 11) is 0. The maximum Gasteiger partial charge on any atom is 0.335 e. The number of aromatic carboxylic acids is 1. The molecule has 2 N–H and O–H groups in total. The van der Waals surface area contributed by atoms with E-state index in [2.05, 4.69) is 10.3 Å². The Kier molecular flexibility index (Phi) is 3.44. The van der Waals surface area contributed by atoms with Gasteiger partial charge in [0.2, 0.25) is 0 Å². The summed E-state index contributed by atoms with van der Waals surface area (Å²) in [5.41, 5.74) is 2.82. The third kappa shape index (κ3) is 2.87. The summed E-state index contributed by atoms with van der Waals surface area (Å²) in [6.45, 7) is 1.74. The highest BCUT2D eigenvalue weighted by Gasteiger charge is 2.07. The van der Waals surface area contributed by atoms with Crippen LogP contribution in [0.1, 0.15) is 21.6 Å². The summed E-state index contributed by atoms with van der Waals surface area (Å²) in [6, 6.07) is 10.3. The van der Waals surface area contributed by atoms with Crippen molar-refractivity contribution in [1.29, 1.82) is 5.26 Å². The van der Waals surface area contributed by atoms with E-state index in [9.17, 15) is 4.79 Å². The van der Waals surface area contributed by atoms with Crippen molar-refractivity contribution < 1.29 is 9.90 Å². The number of anilines is 2. The number of nitriles is 1. The van der Waals surface area contributed by atoms with Gasteiger partial charge in [-0.1, -0.05) is 0 Å². The third-order valence-corrected chi connectivity index (χ3v) is 2.62. The fourth-order valence-corrected chi connectivity index (χ4v) is 1.68. The van der Waals surface area contributed by atoms with E-state index in [-0.39, 0.29) is 5.56 Å². The first-order chi connectivity index (χ1) is 9.10. The topological polar surface area (TPSA) is 86.0 Å². The van der Waals surface area contributed by atoms with Gasteiger partial charge in [0.1, 0.15) is 11.8 Å². The number of hydrogen-bond acceptors (Lipinski definition) is 4. The van der Waals surface area contributed by atoms with Crippen LogP contribution < -0.4 is 5.32 Å². The van der Waals surface area contributed by atoms with Crippen LogP contribution in [0.25, 0.3) is 0 Å². The smallest absolute Gasteiger partial charge is 0.335 e. The monoisotopic (exact) mass is 253 g/mol. The van der Waals surface area contributed by atoms with Crippen LogP contribution in [0, 0.1) is 18.3 Å². The van der Waals surface area contributed by atoms with Gasteiger partial charge in [0.25, 0.3) is 0 Å². The molecule has 5 heteroatoms. The van der Waals surface area contributed by atoms with Crippen molar-refractivity contribution in [2.75, 3.05) is 5.32 Å². The number of nitrogens with zero attached hydrogens (tertiary/aromatic N) is 2. The van der Waals surface area contributed by atoms with Crippen LogP contribution in [0.5, 0.6) is 0 Å². The van der Waals surface area contributed by atoms with Crippen LogP contribution in [0.2, 0.25) is 0 Å². The van der Waals surface area contributed by atoms with Crippen LogP contribution in [-0.4, -0.2) is 16.1 Å². The average Bonchev–Trinajstić information content (AvgIpc) is 2.39. The molecule has 0 aliphatic rings. The van der Waals surface area contributed by atoms with Gasteiger partial charge < -0.3 is 10.4 Å². The van der Waals surface area contributed by atoms with E-state index in [1.165, 1.54) is 0 Å². The molecular weight excluding hydrogens is 242 g/mol. The highest BCUT2D eigenvalue weighted by atomic mass is 16.4. The van der Waals surface area contributed by atoms with Crippen LogP contribution >= 0.6 is 0 Å². The summed E-state index contributed by atoms with van der Waals surface area (Å²) in [5, 5.41) is 20.7. The van der Waals surface area contributed by atoms with Crippen molar-refractivity contribution in [3.05, 3.63) is 53.3 Å². The SMILES string of the molecule is Cc1cc(Nc2ccc(C#N)nc2)ccc1C(=O)O. The number of carboxylic acids is 1. The minimum absolute atomic E-state index is 0.281. The van der Waals surface area contributed by atoms with E-state index in [0.29, 0.717) is 11.3 Å². The van der Waals surface area contributed by atoms with Gasteiger partial charge >= 0.3 is 5.97 Å². The Labute approximate surface area is 110 Å². The van der Waals surface area contributed by atoms with Crippen molar-refractivity contribution >= 4 is 17.3 Å². The zero-order chi connectivity index (χ0) is 13.8. The predicted octanol–water partition coefficient (Wildman–Crippen LogP) is 2.70. The van der Waals surface area contributed by atoms with Crippen LogP contribution in [-0.2, 0) is 0 Å². The van der Waals surface area contributed by atoms with Crippen molar-refractivity contribution in [2.24, 2.45) is 0 Å². The molecule has 0 fully saturated rings. The quantitative estimate of drug-likeness (QED) is 0.878. The molecule has 0 aliphatic carbocycles. The van der Waals surface area contributed by atoms with Gasteiger partial charge in [0.15, 0.2) is 0 Å². The van der Waals surface area contributed by atoms with Gasteiger partial charge in [0.05, 0.1) is 17.4 Å². The van der Waals surface area contributed by atoms with Crippen molar-refractivity contribution in [3.63, 3.8) is 0 Å². The van der Waals surface area contributed by atoms with Crippen LogP contribution in [0.4, 0.5) is 11.4 Å². The number of pyridine rings is 1. The third-order valence-electron chi connectivity index (χ3n) is 2.62. The predicted molar refractivity (Wildman–Crippen MR) is 70.4 cm³/mol. The van der Waals surface area contributed by atoms with Crippen LogP contribution in [0.3, 0.4) is 0 Å². The summed E-state index contributed by atoms with van der Waals surface area (Å²) < 4.78 is 0. The Morgan fingerprint density at radius 1 is 1.32 bits per heavy atom. The zero-order valence-corrected chi connectivity index (χ0v) is 10.2. The van der Waals surface area contributed by atoms with Gasteiger partial charge in [-0.25, -0.2) is 9.78 Å². The summed E-state index contributed by atoms with van der Waals surface area (Å²) in [5.74, 6) is -0.941. The molecule has 0 spiro atoms. The lowest BCUT2D eigenvalue weighted by Crippen LogP contribution is -2.00. The molecule has 5 nitrogen and oxygen atoms in total. The van der Waals surface area contributed by atoms with E-state index in [1.54, 1.807) is 43.5 Å². The molecule has 1 aromatic heterocycles. The highest BCUT2D eigenvalue weighted by Crippen LogP contribution is 2.19. The maximum absolute atomic E-state index is 10.9. The van der Waals surface area contributed by atoms with Crippen LogP contribution in [0.15, 0.2) is 36.5 Å².